The van der Waals surface area contributed by atoms with Crippen molar-refractivity contribution in [2.75, 3.05) is 26.4 Å². The molecule has 0 aliphatic carbocycles. The molecule has 32 heavy (non-hydrogen) atoms. The first-order chi connectivity index (χ1) is 15.0. The lowest BCUT2D eigenvalue weighted by Gasteiger charge is -2.30. The van der Waals surface area contributed by atoms with E-state index in [1.165, 1.54) is 27.7 Å². The van der Waals surface area contributed by atoms with Gasteiger partial charge >= 0.3 is 23.9 Å². The molecule has 0 bridgehead atoms. The summed E-state index contributed by atoms with van der Waals surface area (Å²) in [5.74, 6) is 6.63. The van der Waals surface area contributed by atoms with Crippen LogP contribution in [0.5, 0.6) is 0 Å². The fraction of sp³-hybridized carbons (Fsp3) is 0.583. The molecule has 0 amide bonds. The second-order valence-electron chi connectivity index (χ2n) is 7.70. The first-order valence-electron chi connectivity index (χ1n) is 10.0. The average Bonchev–Trinajstić information content (AvgIpc) is 2.71. The quantitative estimate of drug-likeness (QED) is 0.183. The number of allylic oxidation sites excluding steroid dienone is 1. The predicted octanol–water partition coefficient (Wildman–Crippen LogP) is 2.59. The van der Waals surface area contributed by atoms with Gasteiger partial charge in [0, 0.05) is 47.0 Å². The summed E-state index contributed by atoms with van der Waals surface area (Å²) in [5, 5.41) is 0. The van der Waals surface area contributed by atoms with Crippen LogP contribution < -0.4 is 0 Å². The standard InChI is InChI=1S/C24H32O8/c1-7-11-23(15-29-19(3)25,16-30-20(4)26)13-9-10-14-24(12-8-2,17-31-21(5)27)18-32-22(6)28/h1,8H,2,11-18H2,3-6H3. The van der Waals surface area contributed by atoms with Crippen LogP contribution in [-0.4, -0.2) is 50.3 Å². The van der Waals surface area contributed by atoms with Crippen molar-refractivity contribution in [1.29, 1.82) is 0 Å². The van der Waals surface area contributed by atoms with E-state index in [1.807, 2.05) is 0 Å². The van der Waals surface area contributed by atoms with Crippen LogP contribution >= 0.6 is 0 Å². The Labute approximate surface area is 190 Å². The lowest BCUT2D eigenvalue weighted by Crippen LogP contribution is -2.34. The molecule has 0 aromatic heterocycles. The van der Waals surface area contributed by atoms with E-state index in [0.29, 0.717) is 6.42 Å². The molecule has 0 radical (unpaired) electrons. The van der Waals surface area contributed by atoms with Crippen molar-refractivity contribution < 1.29 is 38.1 Å². The topological polar surface area (TPSA) is 105 Å². The molecule has 0 aliphatic rings. The Balaban J connectivity index is 5.67. The molecule has 0 saturated heterocycles. The van der Waals surface area contributed by atoms with Gasteiger partial charge in [0.25, 0.3) is 0 Å². The number of esters is 4. The first-order valence-corrected chi connectivity index (χ1v) is 10.0. The van der Waals surface area contributed by atoms with E-state index in [-0.39, 0.29) is 45.7 Å². The first kappa shape index (κ1) is 28.7. The minimum Gasteiger partial charge on any atom is -0.465 e. The summed E-state index contributed by atoms with van der Waals surface area (Å²) in [5.41, 5.74) is -1.64. The third kappa shape index (κ3) is 12.4. The molecule has 0 aromatic rings. The Hall–Kier alpha value is -3.26. The monoisotopic (exact) mass is 448 g/mol. The largest absolute Gasteiger partial charge is 0.465 e. The van der Waals surface area contributed by atoms with Crippen LogP contribution in [0.15, 0.2) is 12.7 Å². The molecule has 0 heterocycles. The van der Waals surface area contributed by atoms with Gasteiger partial charge in [-0.15, -0.1) is 30.8 Å². The van der Waals surface area contributed by atoms with Gasteiger partial charge in [-0.2, -0.15) is 0 Å². The number of hydrogen-bond donors (Lipinski definition) is 0. The van der Waals surface area contributed by atoms with Crippen molar-refractivity contribution in [3.63, 3.8) is 0 Å². The molecule has 0 saturated carbocycles. The lowest BCUT2D eigenvalue weighted by molar-refractivity contribution is -0.152. The molecule has 0 fully saturated rings. The third-order valence-electron chi connectivity index (χ3n) is 4.43. The minimum absolute atomic E-state index is 0.00724. The minimum atomic E-state index is -0.869. The van der Waals surface area contributed by atoms with Gasteiger partial charge in [0.05, 0.1) is 10.8 Å². The molecule has 0 aliphatic heterocycles. The molecular formula is C24H32O8. The summed E-state index contributed by atoms with van der Waals surface area (Å²) in [6.45, 7) is 8.70. The number of hydrogen-bond acceptors (Lipinski definition) is 8. The van der Waals surface area contributed by atoms with Gasteiger partial charge in [-0.3, -0.25) is 19.2 Å². The lowest BCUT2D eigenvalue weighted by atomic mass is 9.81. The van der Waals surface area contributed by atoms with Crippen LogP contribution in [0.1, 0.15) is 53.4 Å². The Morgan fingerprint density at radius 1 is 0.719 bits per heavy atom. The van der Waals surface area contributed by atoms with Crippen molar-refractivity contribution in [2.45, 2.75) is 53.4 Å². The summed E-state index contributed by atoms with van der Waals surface area (Å²) in [6.07, 6.45) is 8.09. The number of ether oxygens (including phenoxy) is 4. The summed E-state index contributed by atoms with van der Waals surface area (Å²) in [6, 6.07) is 0. The highest BCUT2D eigenvalue weighted by Crippen LogP contribution is 2.30. The van der Waals surface area contributed by atoms with Crippen LogP contribution in [0.2, 0.25) is 0 Å². The number of carbonyl (C=O) groups excluding carboxylic acids is 4. The van der Waals surface area contributed by atoms with E-state index in [0.717, 1.165) is 0 Å². The summed E-state index contributed by atoms with van der Waals surface area (Å²) >= 11 is 0. The van der Waals surface area contributed by atoms with E-state index < -0.39 is 34.7 Å². The van der Waals surface area contributed by atoms with Crippen molar-refractivity contribution >= 4 is 23.9 Å². The third-order valence-corrected chi connectivity index (χ3v) is 4.43. The molecule has 0 aromatic carbocycles. The smallest absolute Gasteiger partial charge is 0.302 e. The zero-order valence-electron chi connectivity index (χ0n) is 19.3. The molecule has 0 unspecified atom stereocenters. The van der Waals surface area contributed by atoms with Crippen LogP contribution in [0.4, 0.5) is 0 Å². The molecule has 0 spiro atoms. The summed E-state index contributed by atoms with van der Waals surface area (Å²) < 4.78 is 20.6. The van der Waals surface area contributed by atoms with Crippen molar-refractivity contribution in [1.82, 2.24) is 0 Å². The number of rotatable bonds is 13. The summed E-state index contributed by atoms with van der Waals surface area (Å²) in [7, 11) is 0. The van der Waals surface area contributed by atoms with Gasteiger partial charge < -0.3 is 18.9 Å². The van der Waals surface area contributed by atoms with Gasteiger partial charge in [0.15, 0.2) is 0 Å². The maximum Gasteiger partial charge on any atom is 0.302 e. The number of terminal acetylenes is 1. The fourth-order valence-corrected chi connectivity index (χ4v) is 2.68. The maximum atomic E-state index is 11.3. The van der Waals surface area contributed by atoms with Crippen LogP contribution in [0, 0.1) is 35.0 Å². The van der Waals surface area contributed by atoms with Gasteiger partial charge in [-0.1, -0.05) is 6.08 Å². The SMILES string of the molecule is C#CCC(CC#CCC(CC=C)(COC(C)=O)COC(C)=O)(COC(C)=O)COC(C)=O. The van der Waals surface area contributed by atoms with E-state index in [2.05, 4.69) is 24.3 Å². The molecule has 0 atom stereocenters. The Morgan fingerprint density at radius 3 is 1.38 bits per heavy atom. The van der Waals surface area contributed by atoms with E-state index >= 15 is 0 Å². The Bertz CT molecular complexity index is 742. The normalized spacial score (nSPS) is 10.6. The van der Waals surface area contributed by atoms with Crippen molar-refractivity contribution in [3.8, 4) is 24.2 Å². The van der Waals surface area contributed by atoms with Gasteiger partial charge in [0.1, 0.15) is 26.4 Å². The highest BCUT2D eigenvalue weighted by atomic mass is 16.6. The van der Waals surface area contributed by atoms with E-state index in [9.17, 15) is 19.2 Å². The zero-order chi connectivity index (χ0) is 24.6. The van der Waals surface area contributed by atoms with Gasteiger partial charge in [0.2, 0.25) is 0 Å². The Kier molecular flexibility index (Phi) is 13.2. The molecule has 8 nitrogen and oxygen atoms in total. The molecule has 0 rings (SSSR count). The maximum absolute atomic E-state index is 11.3. The van der Waals surface area contributed by atoms with Gasteiger partial charge in [-0.05, 0) is 6.42 Å². The van der Waals surface area contributed by atoms with E-state index in [1.54, 1.807) is 6.08 Å². The second kappa shape index (κ2) is 14.7. The zero-order valence-corrected chi connectivity index (χ0v) is 19.3. The summed E-state index contributed by atoms with van der Waals surface area (Å²) in [4.78, 5) is 45.3. The highest BCUT2D eigenvalue weighted by molar-refractivity contribution is 5.67. The fourth-order valence-electron chi connectivity index (χ4n) is 2.68. The Morgan fingerprint density at radius 2 is 1.06 bits per heavy atom. The van der Waals surface area contributed by atoms with E-state index in [4.69, 9.17) is 25.4 Å². The molecule has 0 N–H and O–H groups in total. The van der Waals surface area contributed by atoms with Crippen molar-refractivity contribution in [3.05, 3.63) is 12.7 Å². The molecular weight excluding hydrogens is 416 g/mol. The van der Waals surface area contributed by atoms with Crippen LogP contribution in [0.25, 0.3) is 0 Å². The molecule has 8 heteroatoms. The second-order valence-corrected chi connectivity index (χ2v) is 7.70. The predicted molar refractivity (Wildman–Crippen MR) is 117 cm³/mol. The number of carbonyl (C=O) groups is 4. The highest BCUT2D eigenvalue weighted by Gasteiger charge is 2.33. The van der Waals surface area contributed by atoms with Crippen LogP contribution in [0.3, 0.4) is 0 Å². The van der Waals surface area contributed by atoms with Crippen molar-refractivity contribution in [2.24, 2.45) is 10.8 Å². The molecule has 176 valence electrons. The van der Waals surface area contributed by atoms with Crippen LogP contribution in [-0.2, 0) is 38.1 Å². The van der Waals surface area contributed by atoms with Gasteiger partial charge in [-0.25, -0.2) is 0 Å². The average molecular weight is 449 g/mol.